The molecule has 1 fully saturated rings. The van der Waals surface area contributed by atoms with Gasteiger partial charge in [0.1, 0.15) is 17.6 Å². The van der Waals surface area contributed by atoms with Crippen LogP contribution in [0.1, 0.15) is 34.3 Å². The summed E-state index contributed by atoms with van der Waals surface area (Å²) in [7, 11) is 1.90. The molecule has 3 N–H and O–H groups in total. The minimum absolute atomic E-state index is 0.0420. The van der Waals surface area contributed by atoms with Crippen LogP contribution in [0.5, 0.6) is 0 Å². The first-order valence-electron chi connectivity index (χ1n) is 7.04. The van der Waals surface area contributed by atoms with Gasteiger partial charge in [-0.05, 0) is 13.3 Å². The molecule has 1 aliphatic heterocycles. The fraction of sp³-hybridized carbons (Fsp3) is 0.429. The number of nitrogens with one attached hydrogen (secondary N) is 1. The molecular formula is C14H18N6O2. The van der Waals surface area contributed by atoms with Gasteiger partial charge in [0.15, 0.2) is 0 Å². The molecule has 2 aromatic rings. The van der Waals surface area contributed by atoms with Crippen LogP contribution in [0.3, 0.4) is 0 Å². The van der Waals surface area contributed by atoms with Gasteiger partial charge < -0.3 is 15.8 Å². The lowest BCUT2D eigenvalue weighted by molar-refractivity contribution is 0.0995. The highest BCUT2D eigenvalue weighted by Gasteiger charge is 2.32. The summed E-state index contributed by atoms with van der Waals surface area (Å²) in [5.74, 6) is -0.0863. The molecule has 2 aromatic heterocycles. The van der Waals surface area contributed by atoms with Gasteiger partial charge in [-0.15, -0.1) is 0 Å². The Kier molecular flexibility index (Phi) is 3.76. The number of aromatic nitrogens is 4. The Bertz CT molecular complexity index is 698. The van der Waals surface area contributed by atoms with Crippen molar-refractivity contribution in [3.63, 3.8) is 0 Å². The molecule has 0 unspecified atom stereocenters. The summed E-state index contributed by atoms with van der Waals surface area (Å²) in [4.78, 5) is 19.3. The maximum atomic E-state index is 11.2. The van der Waals surface area contributed by atoms with Crippen LogP contribution >= 0.6 is 0 Å². The number of carbonyl (C=O) groups excluding carboxylic acids is 1. The summed E-state index contributed by atoms with van der Waals surface area (Å²) >= 11 is 0. The van der Waals surface area contributed by atoms with Gasteiger partial charge in [0, 0.05) is 24.9 Å². The van der Waals surface area contributed by atoms with Gasteiger partial charge in [-0.1, -0.05) is 0 Å². The summed E-state index contributed by atoms with van der Waals surface area (Å²) in [5.41, 5.74) is 7.48. The highest BCUT2D eigenvalue weighted by atomic mass is 16.5. The average molecular weight is 302 g/mol. The van der Waals surface area contributed by atoms with Crippen molar-refractivity contribution in [1.29, 1.82) is 0 Å². The molecule has 3 rings (SSSR count). The SMILES string of the molecule is Cc1c([C@H]2OCC[C@@H]2Nc2cncc(C(N)=O)n2)cnn1C. The molecule has 3 heterocycles. The highest BCUT2D eigenvalue weighted by Crippen LogP contribution is 2.32. The summed E-state index contributed by atoms with van der Waals surface area (Å²) in [6.45, 7) is 2.66. The van der Waals surface area contributed by atoms with Crippen LogP contribution in [0.2, 0.25) is 0 Å². The number of primary amides is 1. The van der Waals surface area contributed by atoms with Gasteiger partial charge in [0.25, 0.3) is 5.91 Å². The molecule has 2 atom stereocenters. The van der Waals surface area contributed by atoms with Crippen LogP contribution in [-0.2, 0) is 11.8 Å². The lowest BCUT2D eigenvalue weighted by Gasteiger charge is -2.20. The van der Waals surface area contributed by atoms with E-state index in [-0.39, 0.29) is 17.8 Å². The fourth-order valence-electron chi connectivity index (χ4n) is 2.58. The Morgan fingerprint density at radius 2 is 2.27 bits per heavy atom. The molecule has 0 saturated carbocycles. The van der Waals surface area contributed by atoms with Crippen molar-refractivity contribution in [2.24, 2.45) is 12.8 Å². The van der Waals surface area contributed by atoms with Crippen LogP contribution in [0.4, 0.5) is 5.82 Å². The first kappa shape index (κ1) is 14.5. The third-order valence-corrected chi connectivity index (χ3v) is 3.89. The number of nitrogens with two attached hydrogens (primary N) is 1. The van der Waals surface area contributed by atoms with Crippen LogP contribution in [0.25, 0.3) is 0 Å². The molecule has 0 spiro atoms. The molecule has 8 nitrogen and oxygen atoms in total. The van der Waals surface area contributed by atoms with Crippen LogP contribution in [-0.4, -0.2) is 38.3 Å². The van der Waals surface area contributed by atoms with E-state index in [0.717, 1.165) is 17.7 Å². The van der Waals surface area contributed by atoms with Gasteiger partial charge in [-0.3, -0.25) is 14.5 Å². The molecule has 0 bridgehead atoms. The first-order chi connectivity index (χ1) is 10.6. The largest absolute Gasteiger partial charge is 0.371 e. The number of anilines is 1. The second-order valence-corrected chi connectivity index (χ2v) is 5.29. The fourth-order valence-corrected chi connectivity index (χ4v) is 2.58. The molecule has 22 heavy (non-hydrogen) atoms. The van der Waals surface area contributed by atoms with Crippen LogP contribution < -0.4 is 11.1 Å². The number of hydrogen-bond donors (Lipinski definition) is 2. The lowest BCUT2D eigenvalue weighted by Crippen LogP contribution is -2.25. The van der Waals surface area contributed by atoms with E-state index in [4.69, 9.17) is 10.5 Å². The topological polar surface area (TPSA) is 108 Å². The predicted octanol–water partition coefficient (Wildman–Crippen LogP) is 0.560. The summed E-state index contributed by atoms with van der Waals surface area (Å²) in [6, 6.07) is 0.0420. The quantitative estimate of drug-likeness (QED) is 0.854. The van der Waals surface area contributed by atoms with E-state index in [2.05, 4.69) is 20.4 Å². The van der Waals surface area contributed by atoms with Gasteiger partial charge in [-0.25, -0.2) is 4.98 Å². The molecule has 0 radical (unpaired) electrons. The van der Waals surface area contributed by atoms with E-state index in [0.29, 0.717) is 12.4 Å². The monoisotopic (exact) mass is 302 g/mol. The average Bonchev–Trinajstić information content (AvgIpc) is 3.07. The van der Waals surface area contributed by atoms with Crippen molar-refractivity contribution >= 4 is 11.7 Å². The number of hydrogen-bond acceptors (Lipinski definition) is 6. The molecule has 116 valence electrons. The van der Waals surface area contributed by atoms with E-state index < -0.39 is 5.91 Å². The number of aryl methyl sites for hydroxylation is 1. The number of amides is 1. The minimum Gasteiger partial charge on any atom is -0.371 e. The standard InChI is InChI=1S/C14H18N6O2/c1-8-9(5-17-20(8)2)13-10(3-4-22-13)18-12-7-16-6-11(19-12)14(15)21/h5-7,10,13H,3-4H2,1-2H3,(H2,15,21)(H,18,19)/t10-,13+/m0/s1. The molecule has 0 aliphatic carbocycles. The maximum Gasteiger partial charge on any atom is 0.268 e. The Morgan fingerprint density at radius 3 is 2.95 bits per heavy atom. The van der Waals surface area contributed by atoms with Crippen LogP contribution in [0, 0.1) is 6.92 Å². The van der Waals surface area contributed by atoms with E-state index in [1.54, 1.807) is 6.20 Å². The van der Waals surface area contributed by atoms with Crippen molar-refractivity contribution in [1.82, 2.24) is 19.7 Å². The Hall–Kier alpha value is -2.48. The summed E-state index contributed by atoms with van der Waals surface area (Å²) < 4.78 is 7.66. The van der Waals surface area contributed by atoms with E-state index in [1.165, 1.54) is 6.20 Å². The normalized spacial score (nSPS) is 21.0. The smallest absolute Gasteiger partial charge is 0.268 e. The van der Waals surface area contributed by atoms with E-state index in [1.807, 2.05) is 24.9 Å². The third-order valence-electron chi connectivity index (χ3n) is 3.89. The van der Waals surface area contributed by atoms with Crippen molar-refractivity contribution in [2.75, 3.05) is 11.9 Å². The lowest BCUT2D eigenvalue weighted by atomic mass is 10.0. The number of nitrogens with zero attached hydrogens (tertiary/aromatic N) is 4. The summed E-state index contributed by atoms with van der Waals surface area (Å²) in [6.07, 6.45) is 5.47. The van der Waals surface area contributed by atoms with E-state index in [9.17, 15) is 4.79 Å². The van der Waals surface area contributed by atoms with Crippen molar-refractivity contribution < 1.29 is 9.53 Å². The van der Waals surface area contributed by atoms with Crippen LogP contribution in [0.15, 0.2) is 18.6 Å². The van der Waals surface area contributed by atoms with Crippen molar-refractivity contribution in [2.45, 2.75) is 25.5 Å². The maximum absolute atomic E-state index is 11.2. The Labute approximate surface area is 127 Å². The molecule has 0 aromatic carbocycles. The van der Waals surface area contributed by atoms with Crippen molar-refractivity contribution in [3.05, 3.63) is 35.5 Å². The van der Waals surface area contributed by atoms with Crippen molar-refractivity contribution in [3.8, 4) is 0 Å². The third kappa shape index (κ3) is 2.64. The molecule has 1 saturated heterocycles. The summed E-state index contributed by atoms with van der Waals surface area (Å²) in [5, 5.41) is 7.54. The van der Waals surface area contributed by atoms with Gasteiger partial charge in [0.05, 0.1) is 24.6 Å². The molecule has 1 amide bonds. The minimum atomic E-state index is -0.599. The van der Waals surface area contributed by atoms with E-state index >= 15 is 0 Å². The number of carbonyl (C=O) groups is 1. The number of rotatable bonds is 4. The van der Waals surface area contributed by atoms with Gasteiger partial charge in [-0.2, -0.15) is 5.10 Å². The second-order valence-electron chi connectivity index (χ2n) is 5.29. The Balaban J connectivity index is 1.81. The van der Waals surface area contributed by atoms with Gasteiger partial charge in [0.2, 0.25) is 0 Å². The zero-order chi connectivity index (χ0) is 15.7. The molecule has 8 heteroatoms. The predicted molar refractivity (Wildman–Crippen MR) is 79.2 cm³/mol. The Morgan fingerprint density at radius 1 is 1.45 bits per heavy atom. The molecular weight excluding hydrogens is 284 g/mol. The highest BCUT2D eigenvalue weighted by molar-refractivity contribution is 5.90. The molecule has 1 aliphatic rings. The number of ether oxygens (including phenoxy) is 1. The second kappa shape index (κ2) is 5.72. The first-order valence-corrected chi connectivity index (χ1v) is 7.04. The zero-order valence-electron chi connectivity index (χ0n) is 12.5. The van der Waals surface area contributed by atoms with Gasteiger partial charge >= 0.3 is 0 Å². The zero-order valence-corrected chi connectivity index (χ0v) is 12.5.